The van der Waals surface area contributed by atoms with Crippen molar-refractivity contribution in [3.63, 3.8) is 0 Å². The Morgan fingerprint density at radius 3 is 1.39 bits per heavy atom. The molecule has 0 aromatic heterocycles. The third-order valence-corrected chi connectivity index (χ3v) is 9.55. The molecule has 9 nitrogen and oxygen atoms in total. The summed E-state index contributed by atoms with van der Waals surface area (Å²) < 4.78 is 22.5. The van der Waals surface area contributed by atoms with E-state index in [1.54, 1.807) is 0 Å². The second-order valence-corrected chi connectivity index (χ2v) is 16.3. The SMILES string of the molecule is CCCCCC/C=C\C/C=C\CCCCCCCC(=O)OCC(COC(OCC[N+](C)(C)C)C(=O)[O-])OC(=O)CCCCCCC/C=C\C/C=C\CCCCCC. The van der Waals surface area contributed by atoms with E-state index in [2.05, 4.69) is 62.5 Å². The fraction of sp³-hybridized carbons (Fsp3) is 0.771. The van der Waals surface area contributed by atoms with Crippen LogP contribution in [0.5, 0.6) is 0 Å². The number of nitrogens with zero attached hydrogens (tertiary/aromatic N) is 1. The molecular formula is C48H85NO8. The molecule has 0 heterocycles. The lowest BCUT2D eigenvalue weighted by molar-refractivity contribution is -0.870. The molecule has 9 heteroatoms. The zero-order valence-electron chi connectivity index (χ0n) is 37.2. The maximum atomic E-state index is 12.7. The minimum Gasteiger partial charge on any atom is -0.545 e. The Kier molecular flexibility index (Phi) is 38.1. The Balaban J connectivity index is 4.49. The first kappa shape index (κ1) is 54.2. The quantitative estimate of drug-likeness (QED) is 0.0197. The standard InChI is InChI=1S/C48H85NO8/c1-6-8-10-12-14-16-18-20-22-24-26-28-30-32-34-36-38-45(50)55-42-44(43-56-48(47(52)53)54-41-40-49(3,4)5)57-46(51)39-37-35-33-31-29-27-25-23-21-19-17-15-13-11-9-7-2/h16-19,22-25,44,48H,6-15,20-21,26-43H2,1-5H3/b18-16-,19-17-,24-22-,25-23-. The van der Waals surface area contributed by atoms with E-state index < -0.39 is 24.3 Å². The number of hydrogen-bond acceptors (Lipinski definition) is 8. The molecule has 57 heavy (non-hydrogen) atoms. The van der Waals surface area contributed by atoms with Crippen LogP contribution in [0.3, 0.4) is 0 Å². The number of rotatable bonds is 41. The van der Waals surface area contributed by atoms with Crippen LogP contribution < -0.4 is 5.11 Å². The summed E-state index contributed by atoms with van der Waals surface area (Å²) >= 11 is 0. The number of unbranched alkanes of at least 4 members (excludes halogenated alkanes) is 18. The van der Waals surface area contributed by atoms with E-state index >= 15 is 0 Å². The summed E-state index contributed by atoms with van der Waals surface area (Å²) in [5.74, 6) is -2.33. The van der Waals surface area contributed by atoms with Crippen molar-refractivity contribution in [1.29, 1.82) is 0 Å². The van der Waals surface area contributed by atoms with E-state index in [0.717, 1.165) is 83.5 Å². The Labute approximate surface area is 349 Å². The van der Waals surface area contributed by atoms with Crippen LogP contribution in [-0.4, -0.2) is 82.3 Å². The van der Waals surface area contributed by atoms with Crippen LogP contribution >= 0.6 is 0 Å². The lowest BCUT2D eigenvalue weighted by Crippen LogP contribution is -2.44. The second kappa shape index (κ2) is 40.0. The number of hydrogen-bond donors (Lipinski definition) is 0. The second-order valence-electron chi connectivity index (χ2n) is 16.3. The van der Waals surface area contributed by atoms with Crippen molar-refractivity contribution in [3.05, 3.63) is 48.6 Å². The van der Waals surface area contributed by atoms with Gasteiger partial charge >= 0.3 is 11.9 Å². The summed E-state index contributed by atoms with van der Waals surface area (Å²) in [4.78, 5) is 37.0. The molecule has 0 fully saturated rings. The van der Waals surface area contributed by atoms with Crippen molar-refractivity contribution >= 4 is 17.9 Å². The van der Waals surface area contributed by atoms with Gasteiger partial charge in [0.15, 0.2) is 12.4 Å². The van der Waals surface area contributed by atoms with Crippen LogP contribution in [0.25, 0.3) is 0 Å². The molecule has 0 aromatic carbocycles. The van der Waals surface area contributed by atoms with Crippen molar-refractivity contribution in [2.45, 2.75) is 193 Å². The topological polar surface area (TPSA) is 111 Å². The molecule has 0 aromatic rings. The van der Waals surface area contributed by atoms with E-state index in [4.69, 9.17) is 18.9 Å². The van der Waals surface area contributed by atoms with Gasteiger partial charge in [-0.15, -0.1) is 0 Å². The zero-order valence-corrected chi connectivity index (χ0v) is 37.2. The fourth-order valence-corrected chi connectivity index (χ4v) is 5.95. The summed E-state index contributed by atoms with van der Waals surface area (Å²) in [6.07, 6.45) is 42.8. The first-order valence-corrected chi connectivity index (χ1v) is 22.8. The Morgan fingerprint density at radius 1 is 0.526 bits per heavy atom. The van der Waals surface area contributed by atoms with Gasteiger partial charge in [0.1, 0.15) is 13.2 Å². The van der Waals surface area contributed by atoms with Crippen molar-refractivity contribution in [1.82, 2.24) is 0 Å². The Hall–Kier alpha value is -2.75. The summed E-state index contributed by atoms with van der Waals surface area (Å²) in [7, 11) is 5.89. The molecule has 0 aliphatic carbocycles. The fourth-order valence-electron chi connectivity index (χ4n) is 5.95. The molecule has 2 atom stereocenters. The Bertz CT molecular complexity index is 1080. The van der Waals surface area contributed by atoms with Crippen molar-refractivity contribution in [2.75, 3.05) is 47.5 Å². The van der Waals surface area contributed by atoms with Crippen molar-refractivity contribution < 1.29 is 42.9 Å². The van der Waals surface area contributed by atoms with E-state index in [-0.39, 0.29) is 38.6 Å². The van der Waals surface area contributed by atoms with Crippen LogP contribution in [0.1, 0.15) is 181 Å². The number of allylic oxidation sites excluding steroid dienone is 8. The van der Waals surface area contributed by atoms with Gasteiger partial charge in [-0.1, -0.05) is 140 Å². The van der Waals surface area contributed by atoms with E-state index in [0.29, 0.717) is 17.4 Å². The summed E-state index contributed by atoms with van der Waals surface area (Å²) in [5, 5.41) is 11.7. The third-order valence-electron chi connectivity index (χ3n) is 9.55. The zero-order chi connectivity index (χ0) is 42.1. The van der Waals surface area contributed by atoms with Crippen LogP contribution in [0.2, 0.25) is 0 Å². The number of esters is 2. The van der Waals surface area contributed by atoms with Gasteiger partial charge < -0.3 is 33.3 Å². The predicted octanol–water partition coefficient (Wildman–Crippen LogP) is 10.7. The van der Waals surface area contributed by atoms with Crippen molar-refractivity contribution in [3.8, 4) is 0 Å². The number of quaternary nitrogens is 1. The molecule has 0 spiro atoms. The maximum Gasteiger partial charge on any atom is 0.306 e. The lowest BCUT2D eigenvalue weighted by Gasteiger charge is -2.26. The molecule has 2 unspecified atom stereocenters. The smallest absolute Gasteiger partial charge is 0.306 e. The van der Waals surface area contributed by atoms with Gasteiger partial charge in [0, 0.05) is 12.8 Å². The predicted molar refractivity (Wildman–Crippen MR) is 232 cm³/mol. The van der Waals surface area contributed by atoms with Gasteiger partial charge in [0.05, 0.1) is 40.3 Å². The van der Waals surface area contributed by atoms with Crippen LogP contribution in [-0.2, 0) is 33.3 Å². The maximum absolute atomic E-state index is 12.7. The average Bonchev–Trinajstić information content (AvgIpc) is 3.17. The highest BCUT2D eigenvalue weighted by atomic mass is 16.7. The van der Waals surface area contributed by atoms with E-state index in [9.17, 15) is 19.5 Å². The molecule has 0 radical (unpaired) electrons. The normalized spacial score (nSPS) is 13.4. The minimum absolute atomic E-state index is 0.141. The van der Waals surface area contributed by atoms with Crippen molar-refractivity contribution in [2.24, 2.45) is 0 Å². The Morgan fingerprint density at radius 2 is 0.947 bits per heavy atom. The monoisotopic (exact) mass is 804 g/mol. The van der Waals surface area contributed by atoms with Gasteiger partial charge in [0.2, 0.25) is 0 Å². The first-order valence-electron chi connectivity index (χ1n) is 22.8. The average molecular weight is 804 g/mol. The van der Waals surface area contributed by atoms with Gasteiger partial charge in [0.25, 0.3) is 0 Å². The molecule has 0 rings (SSSR count). The van der Waals surface area contributed by atoms with Gasteiger partial charge in [-0.05, 0) is 77.0 Å². The van der Waals surface area contributed by atoms with E-state index in [1.165, 1.54) is 64.2 Å². The van der Waals surface area contributed by atoms with E-state index in [1.807, 2.05) is 21.1 Å². The number of carboxylic acid groups (broad SMARTS) is 1. The molecule has 0 aliphatic heterocycles. The highest BCUT2D eigenvalue weighted by Gasteiger charge is 2.21. The molecular weight excluding hydrogens is 719 g/mol. The summed E-state index contributed by atoms with van der Waals surface area (Å²) in [5.41, 5.74) is 0. The largest absolute Gasteiger partial charge is 0.545 e. The van der Waals surface area contributed by atoms with Crippen LogP contribution in [0, 0.1) is 0 Å². The molecule has 0 amide bonds. The molecule has 0 N–H and O–H groups in total. The summed E-state index contributed by atoms with van der Waals surface area (Å²) in [6, 6.07) is 0. The minimum atomic E-state index is -1.63. The molecule has 0 bridgehead atoms. The number of carbonyl (C=O) groups excluding carboxylic acids is 3. The van der Waals surface area contributed by atoms with Gasteiger partial charge in [-0.3, -0.25) is 9.59 Å². The molecule has 0 aliphatic rings. The molecule has 0 saturated carbocycles. The number of likely N-dealkylation sites (N-methyl/N-ethyl adjacent to an activating group) is 1. The third kappa shape index (κ3) is 41.2. The van der Waals surface area contributed by atoms with Crippen LogP contribution in [0.15, 0.2) is 48.6 Å². The number of ether oxygens (including phenoxy) is 4. The highest BCUT2D eigenvalue weighted by Crippen LogP contribution is 2.12. The summed E-state index contributed by atoms with van der Waals surface area (Å²) in [6.45, 7) is 4.66. The highest BCUT2D eigenvalue weighted by molar-refractivity contribution is 5.70. The molecule has 330 valence electrons. The number of aliphatic carboxylic acids is 1. The number of carbonyl (C=O) groups is 3. The lowest BCUT2D eigenvalue weighted by atomic mass is 10.1. The molecule has 0 saturated heterocycles. The van der Waals surface area contributed by atoms with Crippen LogP contribution in [0.4, 0.5) is 0 Å². The van der Waals surface area contributed by atoms with Gasteiger partial charge in [-0.2, -0.15) is 0 Å². The number of carboxylic acids is 1. The van der Waals surface area contributed by atoms with Gasteiger partial charge in [-0.25, -0.2) is 0 Å². The first-order chi connectivity index (χ1) is 27.6.